The van der Waals surface area contributed by atoms with E-state index in [0.29, 0.717) is 23.3 Å². The highest BCUT2D eigenvalue weighted by molar-refractivity contribution is 7.15. The number of hydrogen-bond acceptors (Lipinski definition) is 7. The molecule has 4 heterocycles. The van der Waals surface area contributed by atoms with Crippen LogP contribution in [0.2, 0.25) is 9.36 Å². The van der Waals surface area contributed by atoms with Gasteiger partial charge in [0.1, 0.15) is 15.7 Å². The Hall–Kier alpha value is -1.61. The molecule has 3 aromatic heterocycles. The highest BCUT2D eigenvalue weighted by Gasteiger charge is 2.29. The van der Waals surface area contributed by atoms with Gasteiger partial charge in [-0.05, 0) is 37.4 Å². The molecule has 0 N–H and O–H groups in total. The molecule has 10 heteroatoms. The van der Waals surface area contributed by atoms with Crippen molar-refractivity contribution in [2.45, 2.75) is 25.7 Å². The van der Waals surface area contributed by atoms with Crippen LogP contribution in [0.3, 0.4) is 0 Å². The smallest absolute Gasteiger partial charge is 0.275 e. The fourth-order valence-electron chi connectivity index (χ4n) is 3.13. The molecule has 1 fully saturated rings. The molecule has 1 aliphatic heterocycles. The predicted molar refractivity (Wildman–Crippen MR) is 108 cm³/mol. The molecule has 0 aromatic carbocycles. The summed E-state index contributed by atoms with van der Waals surface area (Å²) in [7, 11) is 0. The summed E-state index contributed by atoms with van der Waals surface area (Å²) < 4.78 is 4.43. The maximum atomic E-state index is 12.6. The van der Waals surface area contributed by atoms with Gasteiger partial charge >= 0.3 is 0 Å². The van der Waals surface area contributed by atoms with Gasteiger partial charge in [0.2, 0.25) is 0 Å². The molecule has 27 heavy (non-hydrogen) atoms. The molecule has 0 spiro atoms. The Kier molecular flexibility index (Phi) is 5.41. The highest BCUT2D eigenvalue weighted by atomic mass is 35.5. The molecule has 0 saturated carbocycles. The molecule has 6 nitrogen and oxygen atoms in total. The maximum absolute atomic E-state index is 12.6. The van der Waals surface area contributed by atoms with Crippen LogP contribution in [-0.2, 0) is 0 Å². The molecule has 1 aliphatic rings. The van der Waals surface area contributed by atoms with Crippen LogP contribution in [-0.4, -0.2) is 43.2 Å². The fraction of sp³-hybridized carbons (Fsp3) is 0.353. The first-order valence-electron chi connectivity index (χ1n) is 8.38. The SMILES string of the molecule is Cc1nc(C2CCN(C(=O)c3nsc(Cl)c3Cl)CC2)sc1-c1ccncn1. The lowest BCUT2D eigenvalue weighted by Crippen LogP contribution is -2.38. The second-order valence-corrected chi connectivity index (χ2v) is 9.03. The minimum absolute atomic E-state index is 0.154. The van der Waals surface area contributed by atoms with Crippen LogP contribution in [0.4, 0.5) is 0 Å². The summed E-state index contributed by atoms with van der Waals surface area (Å²) >= 11 is 14.7. The van der Waals surface area contributed by atoms with Crippen molar-refractivity contribution in [1.82, 2.24) is 24.2 Å². The lowest BCUT2D eigenvalue weighted by molar-refractivity contribution is 0.0708. The average molecular weight is 440 g/mol. The van der Waals surface area contributed by atoms with Gasteiger partial charge in [-0.1, -0.05) is 23.2 Å². The van der Waals surface area contributed by atoms with Crippen LogP contribution in [0.5, 0.6) is 0 Å². The molecule has 1 amide bonds. The van der Waals surface area contributed by atoms with Crippen LogP contribution in [0, 0.1) is 6.92 Å². The first-order chi connectivity index (χ1) is 13.0. The van der Waals surface area contributed by atoms with Crippen molar-refractivity contribution in [3.8, 4) is 10.6 Å². The number of halogens is 2. The zero-order valence-corrected chi connectivity index (χ0v) is 17.5. The third kappa shape index (κ3) is 3.71. The number of carbonyl (C=O) groups excluding carboxylic acids is 1. The Bertz CT molecular complexity index is 967. The van der Waals surface area contributed by atoms with Gasteiger partial charge in [-0.3, -0.25) is 4.79 Å². The lowest BCUT2D eigenvalue weighted by Gasteiger charge is -2.30. The van der Waals surface area contributed by atoms with Gasteiger partial charge in [-0.15, -0.1) is 11.3 Å². The number of piperidine rings is 1. The molecule has 0 bridgehead atoms. The Morgan fingerprint density at radius 2 is 2.07 bits per heavy atom. The predicted octanol–water partition coefficient (Wildman–Crippen LogP) is 4.69. The Labute approximate surface area is 174 Å². The number of aryl methyl sites for hydroxylation is 1. The van der Waals surface area contributed by atoms with E-state index in [4.69, 9.17) is 28.2 Å². The Balaban J connectivity index is 1.45. The molecular weight excluding hydrogens is 425 g/mol. The number of carbonyl (C=O) groups is 1. The van der Waals surface area contributed by atoms with E-state index < -0.39 is 0 Å². The second kappa shape index (κ2) is 7.79. The summed E-state index contributed by atoms with van der Waals surface area (Å²) in [6, 6.07) is 1.90. The van der Waals surface area contributed by atoms with Crippen molar-refractivity contribution >= 4 is 52.0 Å². The van der Waals surface area contributed by atoms with E-state index in [1.807, 2.05) is 13.0 Å². The zero-order chi connectivity index (χ0) is 19.0. The maximum Gasteiger partial charge on any atom is 0.275 e. The van der Waals surface area contributed by atoms with E-state index in [0.717, 1.165) is 45.6 Å². The van der Waals surface area contributed by atoms with Gasteiger partial charge in [0.15, 0.2) is 5.69 Å². The minimum Gasteiger partial charge on any atom is -0.337 e. The van der Waals surface area contributed by atoms with Gasteiger partial charge in [-0.2, -0.15) is 4.37 Å². The van der Waals surface area contributed by atoms with Gasteiger partial charge in [0, 0.05) is 25.2 Å². The average Bonchev–Trinajstić information content (AvgIpc) is 3.25. The van der Waals surface area contributed by atoms with Gasteiger partial charge in [0.05, 0.1) is 21.3 Å². The number of hydrogen-bond donors (Lipinski definition) is 0. The van der Waals surface area contributed by atoms with Crippen LogP contribution in [0.1, 0.15) is 39.9 Å². The topological polar surface area (TPSA) is 71.9 Å². The number of nitrogens with zero attached hydrogens (tertiary/aromatic N) is 5. The summed E-state index contributed by atoms with van der Waals surface area (Å²) in [4.78, 5) is 28.5. The number of amides is 1. The number of rotatable bonds is 3. The van der Waals surface area contributed by atoms with Crippen molar-refractivity contribution in [2.75, 3.05) is 13.1 Å². The molecule has 140 valence electrons. The van der Waals surface area contributed by atoms with Crippen LogP contribution >= 0.6 is 46.1 Å². The highest BCUT2D eigenvalue weighted by Crippen LogP contribution is 2.37. The molecule has 4 rings (SSSR count). The van der Waals surface area contributed by atoms with Crippen molar-refractivity contribution in [3.63, 3.8) is 0 Å². The van der Waals surface area contributed by atoms with Crippen molar-refractivity contribution in [1.29, 1.82) is 0 Å². The number of likely N-dealkylation sites (tertiary alicyclic amines) is 1. The molecule has 0 radical (unpaired) electrons. The normalized spacial score (nSPS) is 15.3. The van der Waals surface area contributed by atoms with Gasteiger partial charge < -0.3 is 4.90 Å². The molecule has 3 aromatic rings. The van der Waals surface area contributed by atoms with Crippen molar-refractivity contribution in [3.05, 3.63) is 44.3 Å². The summed E-state index contributed by atoms with van der Waals surface area (Å²) in [5.74, 6) is 0.182. The van der Waals surface area contributed by atoms with E-state index in [1.165, 1.54) is 0 Å². The minimum atomic E-state index is -0.154. The van der Waals surface area contributed by atoms with Gasteiger partial charge in [-0.25, -0.2) is 15.0 Å². The summed E-state index contributed by atoms with van der Waals surface area (Å²) in [6.07, 6.45) is 5.00. The lowest BCUT2D eigenvalue weighted by atomic mass is 9.97. The monoisotopic (exact) mass is 439 g/mol. The Morgan fingerprint density at radius 1 is 1.30 bits per heavy atom. The first kappa shape index (κ1) is 18.7. The summed E-state index contributed by atoms with van der Waals surface area (Å²) in [5.41, 5.74) is 2.13. The molecule has 0 unspecified atom stereocenters. The van der Waals surface area contributed by atoms with E-state index in [9.17, 15) is 4.79 Å². The third-order valence-electron chi connectivity index (χ3n) is 4.56. The van der Waals surface area contributed by atoms with Crippen molar-refractivity contribution < 1.29 is 4.79 Å². The second-order valence-electron chi connectivity index (χ2n) is 6.25. The molecule has 1 saturated heterocycles. The number of aromatic nitrogens is 4. The van der Waals surface area contributed by atoms with Crippen LogP contribution in [0.25, 0.3) is 10.6 Å². The largest absolute Gasteiger partial charge is 0.337 e. The summed E-state index contributed by atoms with van der Waals surface area (Å²) in [6.45, 7) is 3.30. The third-order valence-corrected chi connectivity index (χ3v) is 7.51. The van der Waals surface area contributed by atoms with E-state index >= 15 is 0 Å². The number of thiazole rings is 1. The van der Waals surface area contributed by atoms with E-state index in [1.54, 1.807) is 28.8 Å². The molecule has 0 atom stereocenters. The zero-order valence-electron chi connectivity index (χ0n) is 14.4. The summed E-state index contributed by atoms with van der Waals surface area (Å²) in [5, 5.41) is 1.35. The fourth-order valence-corrected chi connectivity index (χ4v) is 5.33. The standard InChI is InChI=1S/C17H15Cl2N5OS2/c1-9-14(11-2-5-20-8-21-11)26-16(22-9)10-3-6-24(7-4-10)17(25)13-12(18)15(19)27-23-13/h2,5,8,10H,3-4,6-7H2,1H3. The molecule has 0 aliphatic carbocycles. The van der Waals surface area contributed by atoms with E-state index in [2.05, 4.69) is 14.3 Å². The van der Waals surface area contributed by atoms with Crippen molar-refractivity contribution in [2.24, 2.45) is 0 Å². The van der Waals surface area contributed by atoms with Gasteiger partial charge in [0.25, 0.3) is 5.91 Å². The van der Waals surface area contributed by atoms with Crippen LogP contribution in [0.15, 0.2) is 18.6 Å². The van der Waals surface area contributed by atoms with Crippen LogP contribution < -0.4 is 0 Å². The Morgan fingerprint density at radius 3 is 2.70 bits per heavy atom. The molecular formula is C17H15Cl2N5OS2. The first-order valence-corrected chi connectivity index (χ1v) is 10.7. The van der Waals surface area contributed by atoms with E-state index in [-0.39, 0.29) is 16.6 Å². The quantitative estimate of drug-likeness (QED) is 0.591.